The Bertz CT molecular complexity index is 512. The Morgan fingerprint density at radius 3 is 2.75 bits per heavy atom. The lowest BCUT2D eigenvalue weighted by atomic mass is 10.1. The fourth-order valence-electron chi connectivity index (χ4n) is 2.21. The van der Waals surface area contributed by atoms with E-state index < -0.39 is 10.8 Å². The predicted molar refractivity (Wildman–Crippen MR) is 73.0 cm³/mol. The first-order chi connectivity index (χ1) is 9.61. The molecule has 0 aromatic heterocycles. The lowest BCUT2D eigenvalue weighted by Gasteiger charge is -2.23. The van der Waals surface area contributed by atoms with E-state index in [4.69, 9.17) is 4.74 Å². The van der Waals surface area contributed by atoms with Crippen molar-refractivity contribution in [2.24, 2.45) is 0 Å². The average molecular weight is 279 g/mol. The Kier molecular flexibility index (Phi) is 4.52. The van der Waals surface area contributed by atoms with Crippen LogP contribution in [-0.4, -0.2) is 37.1 Å². The van der Waals surface area contributed by atoms with Crippen molar-refractivity contribution < 1.29 is 14.5 Å². The maximum atomic E-state index is 12.2. The number of nitro benzene ring substituents is 1. The van der Waals surface area contributed by atoms with Crippen LogP contribution in [0.1, 0.15) is 23.2 Å². The third-order valence-electron chi connectivity index (χ3n) is 3.32. The topological polar surface area (TPSA) is 93.5 Å². The lowest BCUT2D eigenvalue weighted by Crippen LogP contribution is -2.42. The molecule has 1 aromatic carbocycles. The van der Waals surface area contributed by atoms with E-state index in [0.717, 1.165) is 25.9 Å². The molecule has 0 unspecified atom stereocenters. The molecule has 1 aromatic rings. The highest BCUT2D eigenvalue weighted by molar-refractivity contribution is 5.98. The normalized spacial score (nSPS) is 15.7. The highest BCUT2D eigenvalue weighted by atomic mass is 16.6. The molecular weight excluding hydrogens is 262 g/mol. The number of hydrogen-bond donors (Lipinski definition) is 2. The van der Waals surface area contributed by atoms with Gasteiger partial charge in [0.25, 0.3) is 11.6 Å². The molecule has 0 bridgehead atoms. The third-order valence-corrected chi connectivity index (χ3v) is 3.32. The smallest absolute Gasteiger partial charge is 0.282 e. The molecule has 1 aliphatic heterocycles. The first-order valence-corrected chi connectivity index (χ1v) is 6.46. The van der Waals surface area contributed by atoms with Crippen molar-refractivity contribution in [3.05, 3.63) is 33.9 Å². The molecule has 1 heterocycles. The summed E-state index contributed by atoms with van der Waals surface area (Å²) in [6, 6.07) is 4.21. The van der Waals surface area contributed by atoms with Gasteiger partial charge < -0.3 is 15.4 Å². The largest absolute Gasteiger partial charge is 0.497 e. The summed E-state index contributed by atoms with van der Waals surface area (Å²) >= 11 is 0. The Hall–Kier alpha value is -2.15. The van der Waals surface area contributed by atoms with Crippen LogP contribution in [-0.2, 0) is 0 Å². The number of nitrogens with zero attached hydrogens (tertiary/aromatic N) is 1. The number of nitro groups is 1. The number of carbonyl (C=O) groups is 1. The van der Waals surface area contributed by atoms with E-state index in [1.807, 2.05) is 0 Å². The van der Waals surface area contributed by atoms with Gasteiger partial charge in [0.1, 0.15) is 11.3 Å². The van der Waals surface area contributed by atoms with Gasteiger partial charge in [-0.25, -0.2) is 0 Å². The molecule has 1 fully saturated rings. The van der Waals surface area contributed by atoms with Gasteiger partial charge in [0, 0.05) is 12.1 Å². The first-order valence-electron chi connectivity index (χ1n) is 6.46. The van der Waals surface area contributed by atoms with Crippen molar-refractivity contribution in [1.82, 2.24) is 10.6 Å². The number of benzene rings is 1. The standard InChI is InChI=1S/C13H17N3O4/c1-20-10-2-3-12(16(18)19)11(8-10)13(17)15-9-4-6-14-7-5-9/h2-3,8-9,14H,4-7H2,1H3,(H,15,17). The van der Waals surface area contributed by atoms with Gasteiger partial charge in [-0.05, 0) is 38.1 Å². The number of nitrogens with one attached hydrogen (secondary N) is 2. The van der Waals surface area contributed by atoms with Crippen LogP contribution in [0.15, 0.2) is 18.2 Å². The van der Waals surface area contributed by atoms with Crippen LogP contribution in [0, 0.1) is 10.1 Å². The van der Waals surface area contributed by atoms with E-state index in [1.165, 1.54) is 25.3 Å². The molecule has 1 saturated heterocycles. The van der Waals surface area contributed by atoms with Gasteiger partial charge >= 0.3 is 0 Å². The fraction of sp³-hybridized carbons (Fsp3) is 0.462. The van der Waals surface area contributed by atoms with Crippen LogP contribution < -0.4 is 15.4 Å². The van der Waals surface area contributed by atoms with E-state index in [0.29, 0.717) is 5.75 Å². The van der Waals surface area contributed by atoms with Crippen molar-refractivity contribution >= 4 is 11.6 Å². The molecule has 7 heteroatoms. The summed E-state index contributed by atoms with van der Waals surface area (Å²) in [6.45, 7) is 1.68. The molecule has 0 radical (unpaired) electrons. The number of carbonyl (C=O) groups excluding carboxylic acids is 1. The van der Waals surface area contributed by atoms with Crippen LogP contribution in [0.4, 0.5) is 5.69 Å². The SMILES string of the molecule is COc1ccc([N+](=O)[O-])c(C(=O)NC2CCNCC2)c1. The van der Waals surface area contributed by atoms with Gasteiger partial charge in [-0.1, -0.05) is 0 Å². The van der Waals surface area contributed by atoms with Crippen molar-refractivity contribution in [2.75, 3.05) is 20.2 Å². The number of hydrogen-bond acceptors (Lipinski definition) is 5. The summed E-state index contributed by atoms with van der Waals surface area (Å²) in [5.74, 6) is -0.00596. The van der Waals surface area contributed by atoms with Crippen molar-refractivity contribution in [2.45, 2.75) is 18.9 Å². The van der Waals surface area contributed by atoms with E-state index >= 15 is 0 Å². The summed E-state index contributed by atoms with van der Waals surface area (Å²) in [5, 5.41) is 17.0. The van der Waals surface area contributed by atoms with Crippen LogP contribution in [0.3, 0.4) is 0 Å². The number of methoxy groups -OCH3 is 1. The van der Waals surface area contributed by atoms with Crippen molar-refractivity contribution in [1.29, 1.82) is 0 Å². The maximum Gasteiger partial charge on any atom is 0.282 e. The highest BCUT2D eigenvalue weighted by Gasteiger charge is 2.23. The maximum absolute atomic E-state index is 12.2. The second-order valence-corrected chi connectivity index (χ2v) is 4.64. The lowest BCUT2D eigenvalue weighted by molar-refractivity contribution is -0.385. The third kappa shape index (κ3) is 3.24. The molecule has 0 aliphatic carbocycles. The minimum Gasteiger partial charge on any atom is -0.497 e. The Balaban J connectivity index is 2.20. The van der Waals surface area contributed by atoms with Crippen LogP contribution >= 0.6 is 0 Å². The van der Waals surface area contributed by atoms with E-state index in [9.17, 15) is 14.9 Å². The highest BCUT2D eigenvalue weighted by Crippen LogP contribution is 2.24. The molecule has 1 amide bonds. The van der Waals surface area contributed by atoms with Gasteiger partial charge in [-0.2, -0.15) is 0 Å². The fourth-order valence-corrected chi connectivity index (χ4v) is 2.21. The molecule has 2 rings (SSSR count). The monoisotopic (exact) mass is 279 g/mol. The zero-order valence-electron chi connectivity index (χ0n) is 11.2. The van der Waals surface area contributed by atoms with Gasteiger partial charge in [0.05, 0.1) is 12.0 Å². The molecule has 1 aliphatic rings. The molecule has 0 spiro atoms. The minimum atomic E-state index is -0.559. The summed E-state index contributed by atoms with van der Waals surface area (Å²) in [7, 11) is 1.45. The molecule has 108 valence electrons. The second-order valence-electron chi connectivity index (χ2n) is 4.64. The van der Waals surface area contributed by atoms with Gasteiger partial charge in [-0.15, -0.1) is 0 Å². The van der Waals surface area contributed by atoms with E-state index in [2.05, 4.69) is 10.6 Å². The summed E-state index contributed by atoms with van der Waals surface area (Å²) in [6.07, 6.45) is 1.65. The van der Waals surface area contributed by atoms with Crippen molar-refractivity contribution in [3.63, 3.8) is 0 Å². The Morgan fingerprint density at radius 1 is 1.45 bits per heavy atom. The average Bonchev–Trinajstić information content (AvgIpc) is 2.47. The van der Waals surface area contributed by atoms with Crippen molar-refractivity contribution in [3.8, 4) is 5.75 Å². The molecule has 7 nitrogen and oxygen atoms in total. The second kappa shape index (κ2) is 6.33. The first kappa shape index (κ1) is 14.3. The van der Waals surface area contributed by atoms with E-state index in [-0.39, 0.29) is 17.3 Å². The summed E-state index contributed by atoms with van der Waals surface area (Å²) < 4.78 is 5.02. The molecule has 2 N–H and O–H groups in total. The van der Waals surface area contributed by atoms with Crippen LogP contribution in [0.5, 0.6) is 5.75 Å². The van der Waals surface area contributed by atoms with Crippen LogP contribution in [0.2, 0.25) is 0 Å². The minimum absolute atomic E-state index is 0.0351. The van der Waals surface area contributed by atoms with Gasteiger partial charge in [-0.3, -0.25) is 14.9 Å². The molecule has 0 atom stereocenters. The Morgan fingerprint density at radius 2 is 2.15 bits per heavy atom. The van der Waals surface area contributed by atoms with Gasteiger partial charge in [0.2, 0.25) is 0 Å². The summed E-state index contributed by atoms with van der Waals surface area (Å²) in [4.78, 5) is 22.6. The van der Waals surface area contributed by atoms with Gasteiger partial charge in [0.15, 0.2) is 0 Å². The molecule has 20 heavy (non-hydrogen) atoms. The molecular formula is C13H17N3O4. The zero-order chi connectivity index (χ0) is 14.5. The number of ether oxygens (including phenoxy) is 1. The molecule has 0 saturated carbocycles. The zero-order valence-corrected chi connectivity index (χ0v) is 11.2. The number of amides is 1. The number of piperidine rings is 1. The number of rotatable bonds is 4. The quantitative estimate of drug-likeness (QED) is 0.635. The van der Waals surface area contributed by atoms with Crippen LogP contribution in [0.25, 0.3) is 0 Å². The van der Waals surface area contributed by atoms with E-state index in [1.54, 1.807) is 0 Å². The Labute approximate surface area is 116 Å². The predicted octanol–water partition coefficient (Wildman–Crippen LogP) is 1.09. The summed E-state index contributed by atoms with van der Waals surface area (Å²) in [5.41, 5.74) is -0.176.